The molecule has 3 heteroatoms. The first kappa shape index (κ1) is 11.7. The van der Waals surface area contributed by atoms with Crippen molar-refractivity contribution >= 4 is 11.8 Å². The van der Waals surface area contributed by atoms with Crippen LogP contribution in [0.2, 0.25) is 0 Å². The summed E-state index contributed by atoms with van der Waals surface area (Å²) in [4.78, 5) is 0. The molecule has 2 atom stereocenters. The molecular weight excluding hydrogens is 206 g/mol. The minimum absolute atomic E-state index is 0.716. The van der Waals surface area contributed by atoms with Gasteiger partial charge in [0.1, 0.15) is 0 Å². The topological polar surface area (TPSA) is 21.3 Å². The Morgan fingerprint density at radius 2 is 2.20 bits per heavy atom. The maximum Gasteiger partial charge on any atom is 0.0591 e. The Balaban J connectivity index is 1.48. The van der Waals surface area contributed by atoms with Crippen molar-refractivity contribution in [3.63, 3.8) is 0 Å². The number of hydrogen-bond acceptors (Lipinski definition) is 3. The van der Waals surface area contributed by atoms with Gasteiger partial charge in [0.2, 0.25) is 0 Å². The van der Waals surface area contributed by atoms with E-state index in [2.05, 4.69) is 24.0 Å². The molecule has 1 aliphatic heterocycles. The Morgan fingerprint density at radius 3 is 2.93 bits per heavy atom. The van der Waals surface area contributed by atoms with Gasteiger partial charge in [0.25, 0.3) is 0 Å². The fourth-order valence-corrected chi connectivity index (χ4v) is 3.21. The third kappa shape index (κ3) is 4.33. The molecule has 0 aromatic carbocycles. The van der Waals surface area contributed by atoms with Crippen LogP contribution in [0.25, 0.3) is 0 Å². The van der Waals surface area contributed by atoms with Crippen molar-refractivity contribution < 1.29 is 4.74 Å². The van der Waals surface area contributed by atoms with Crippen molar-refractivity contribution in [1.29, 1.82) is 0 Å². The summed E-state index contributed by atoms with van der Waals surface area (Å²) in [5, 5.41) is 4.40. The van der Waals surface area contributed by atoms with E-state index >= 15 is 0 Å². The highest BCUT2D eigenvalue weighted by atomic mass is 32.2. The van der Waals surface area contributed by atoms with Crippen molar-refractivity contribution in [3.8, 4) is 0 Å². The van der Waals surface area contributed by atoms with Gasteiger partial charge in [-0.15, -0.1) is 0 Å². The van der Waals surface area contributed by atoms with Crippen LogP contribution in [0.3, 0.4) is 0 Å². The van der Waals surface area contributed by atoms with Crippen LogP contribution in [-0.2, 0) is 4.74 Å². The Labute approximate surface area is 97.5 Å². The molecule has 2 unspecified atom stereocenters. The van der Waals surface area contributed by atoms with Crippen LogP contribution < -0.4 is 5.32 Å². The average Bonchev–Trinajstić information content (AvgIpc) is 3.04. The smallest absolute Gasteiger partial charge is 0.0591 e. The number of nitrogens with one attached hydrogen (secondary N) is 1. The van der Waals surface area contributed by atoms with E-state index in [1.54, 1.807) is 0 Å². The fraction of sp³-hybridized carbons (Fsp3) is 1.00. The Morgan fingerprint density at radius 1 is 1.33 bits per heavy atom. The number of ether oxygens (including phenoxy) is 1. The van der Waals surface area contributed by atoms with E-state index in [-0.39, 0.29) is 0 Å². The van der Waals surface area contributed by atoms with E-state index in [4.69, 9.17) is 4.74 Å². The molecule has 2 nitrogen and oxygen atoms in total. The van der Waals surface area contributed by atoms with E-state index in [1.807, 2.05) is 0 Å². The molecule has 1 saturated carbocycles. The lowest BCUT2D eigenvalue weighted by Crippen LogP contribution is -2.40. The molecular formula is C12H23NOS. The lowest BCUT2D eigenvalue weighted by molar-refractivity contribution is 0.124. The zero-order chi connectivity index (χ0) is 10.5. The van der Waals surface area contributed by atoms with E-state index in [0.717, 1.165) is 30.9 Å². The van der Waals surface area contributed by atoms with Crippen LogP contribution in [0, 0.1) is 5.92 Å². The van der Waals surface area contributed by atoms with Crippen molar-refractivity contribution in [3.05, 3.63) is 0 Å². The van der Waals surface area contributed by atoms with Gasteiger partial charge < -0.3 is 10.1 Å². The predicted molar refractivity (Wildman–Crippen MR) is 66.5 cm³/mol. The van der Waals surface area contributed by atoms with Gasteiger partial charge in [-0.2, -0.15) is 11.8 Å². The molecule has 0 radical (unpaired) electrons. The van der Waals surface area contributed by atoms with Gasteiger partial charge in [-0.1, -0.05) is 6.92 Å². The minimum atomic E-state index is 0.716. The predicted octanol–water partition coefficient (Wildman–Crippen LogP) is 2.29. The molecule has 0 amide bonds. The molecule has 2 aliphatic rings. The second kappa shape index (κ2) is 6.12. The first-order chi connectivity index (χ1) is 7.36. The van der Waals surface area contributed by atoms with Crippen LogP contribution in [0.4, 0.5) is 0 Å². The van der Waals surface area contributed by atoms with Gasteiger partial charge in [0.05, 0.1) is 6.61 Å². The normalized spacial score (nSPS) is 31.8. The van der Waals surface area contributed by atoms with E-state index < -0.39 is 0 Å². The summed E-state index contributed by atoms with van der Waals surface area (Å²) in [6, 6.07) is 0.716. The third-order valence-corrected chi connectivity index (χ3v) is 4.69. The maximum absolute atomic E-state index is 5.61. The first-order valence-corrected chi connectivity index (χ1v) is 7.34. The lowest BCUT2D eigenvalue weighted by atomic mass is 10.1. The summed E-state index contributed by atoms with van der Waals surface area (Å²) in [7, 11) is 0. The van der Waals surface area contributed by atoms with Crippen molar-refractivity contribution in [2.24, 2.45) is 5.92 Å². The Bertz CT molecular complexity index is 184. The van der Waals surface area contributed by atoms with E-state index in [1.165, 1.54) is 31.4 Å². The lowest BCUT2D eigenvalue weighted by Gasteiger charge is -2.29. The number of thioether (sulfide) groups is 1. The average molecular weight is 229 g/mol. The first-order valence-electron chi connectivity index (χ1n) is 6.29. The van der Waals surface area contributed by atoms with Gasteiger partial charge >= 0.3 is 0 Å². The van der Waals surface area contributed by atoms with Gasteiger partial charge in [-0.05, 0) is 37.4 Å². The van der Waals surface area contributed by atoms with Crippen LogP contribution >= 0.6 is 11.8 Å². The number of hydrogen-bond donors (Lipinski definition) is 1. The van der Waals surface area contributed by atoms with E-state index in [0.29, 0.717) is 6.04 Å². The maximum atomic E-state index is 5.61. The molecule has 88 valence electrons. The highest BCUT2D eigenvalue weighted by Crippen LogP contribution is 2.28. The van der Waals surface area contributed by atoms with Gasteiger partial charge in [0, 0.05) is 24.4 Å². The van der Waals surface area contributed by atoms with E-state index in [9.17, 15) is 0 Å². The van der Waals surface area contributed by atoms with Crippen molar-refractivity contribution in [2.75, 3.05) is 25.5 Å². The molecule has 2 rings (SSSR count). The number of rotatable bonds is 6. The SMILES string of the molecule is CC1SCCCC1NCCOCC1CC1. The zero-order valence-electron chi connectivity index (χ0n) is 9.71. The molecule has 1 heterocycles. The summed E-state index contributed by atoms with van der Waals surface area (Å²) in [6.45, 7) is 5.26. The van der Waals surface area contributed by atoms with Gasteiger partial charge in [0.15, 0.2) is 0 Å². The van der Waals surface area contributed by atoms with Crippen LogP contribution in [0.1, 0.15) is 32.6 Å². The van der Waals surface area contributed by atoms with Crippen molar-refractivity contribution in [1.82, 2.24) is 5.32 Å². The molecule has 1 aliphatic carbocycles. The fourth-order valence-electron chi connectivity index (χ4n) is 2.04. The Hall–Kier alpha value is 0.270. The molecule has 0 aromatic heterocycles. The highest BCUT2D eigenvalue weighted by molar-refractivity contribution is 7.99. The Kier molecular flexibility index (Phi) is 4.79. The minimum Gasteiger partial charge on any atom is -0.380 e. The molecule has 0 spiro atoms. The highest BCUT2D eigenvalue weighted by Gasteiger charge is 2.22. The van der Waals surface area contributed by atoms with Gasteiger partial charge in [-0.3, -0.25) is 0 Å². The molecule has 2 fully saturated rings. The molecule has 0 bridgehead atoms. The second-order valence-electron chi connectivity index (χ2n) is 4.80. The molecule has 1 saturated heterocycles. The standard InChI is InChI=1S/C12H23NOS/c1-10-12(3-2-8-15-10)13-6-7-14-9-11-4-5-11/h10-13H,2-9H2,1H3. The van der Waals surface area contributed by atoms with Crippen LogP contribution in [-0.4, -0.2) is 36.8 Å². The summed E-state index contributed by atoms with van der Waals surface area (Å²) in [6.07, 6.45) is 5.50. The summed E-state index contributed by atoms with van der Waals surface area (Å²) in [5.74, 6) is 2.24. The summed E-state index contributed by atoms with van der Waals surface area (Å²) < 4.78 is 5.61. The molecule has 0 aromatic rings. The molecule has 1 N–H and O–H groups in total. The quantitative estimate of drug-likeness (QED) is 0.706. The summed E-state index contributed by atoms with van der Waals surface area (Å²) >= 11 is 2.10. The zero-order valence-corrected chi connectivity index (χ0v) is 10.5. The second-order valence-corrected chi connectivity index (χ2v) is 6.28. The van der Waals surface area contributed by atoms with Crippen LogP contribution in [0.5, 0.6) is 0 Å². The largest absolute Gasteiger partial charge is 0.380 e. The molecule has 15 heavy (non-hydrogen) atoms. The monoisotopic (exact) mass is 229 g/mol. The van der Waals surface area contributed by atoms with Gasteiger partial charge in [-0.25, -0.2) is 0 Å². The van der Waals surface area contributed by atoms with Crippen molar-refractivity contribution in [2.45, 2.75) is 43.9 Å². The third-order valence-electron chi connectivity index (χ3n) is 3.31. The summed E-state index contributed by atoms with van der Waals surface area (Å²) in [5.41, 5.74) is 0. The van der Waals surface area contributed by atoms with Crippen LogP contribution in [0.15, 0.2) is 0 Å².